The average Bonchev–Trinajstić information content (AvgIpc) is 2.92. The van der Waals surface area contributed by atoms with E-state index in [1.54, 1.807) is 24.1 Å². The van der Waals surface area contributed by atoms with Crippen molar-refractivity contribution in [2.75, 3.05) is 5.73 Å². The van der Waals surface area contributed by atoms with Crippen molar-refractivity contribution in [3.05, 3.63) is 42.2 Å². The molecule has 0 fully saturated rings. The smallest absolute Gasteiger partial charge is 0.205 e. The van der Waals surface area contributed by atoms with Gasteiger partial charge >= 0.3 is 0 Å². The van der Waals surface area contributed by atoms with Gasteiger partial charge in [-0.05, 0) is 25.1 Å². The Bertz CT molecular complexity index is 687. The molecule has 0 saturated heterocycles. The molecule has 0 aliphatic rings. The summed E-state index contributed by atoms with van der Waals surface area (Å²) in [6.45, 7) is 1.94. The number of benzene rings is 1. The second kappa shape index (κ2) is 4.42. The van der Waals surface area contributed by atoms with Crippen LogP contribution in [0, 0.1) is 6.92 Å². The molecule has 0 aliphatic heterocycles. The number of anilines is 1. The van der Waals surface area contributed by atoms with Gasteiger partial charge in [0.1, 0.15) is 11.3 Å². The van der Waals surface area contributed by atoms with Crippen molar-refractivity contribution >= 4 is 28.5 Å². The number of furan rings is 1. The first-order valence-electron chi connectivity index (χ1n) is 5.54. The van der Waals surface area contributed by atoms with Crippen LogP contribution in [0.3, 0.4) is 0 Å². The van der Waals surface area contributed by atoms with Crippen molar-refractivity contribution in [1.82, 2.24) is 4.98 Å². The van der Waals surface area contributed by atoms with E-state index in [9.17, 15) is 0 Å². The topological polar surface area (TPSA) is 65.2 Å². The predicted molar refractivity (Wildman–Crippen MR) is 71.4 cm³/mol. The highest BCUT2D eigenvalue weighted by Gasteiger charge is 2.08. The molecule has 0 saturated carbocycles. The molecule has 18 heavy (non-hydrogen) atoms. The summed E-state index contributed by atoms with van der Waals surface area (Å²) >= 11 is 1.64. The summed E-state index contributed by atoms with van der Waals surface area (Å²) < 4.78 is 10.9. The Labute approximate surface area is 108 Å². The Morgan fingerprint density at radius 1 is 1.33 bits per heavy atom. The SMILES string of the molecule is Cc1occc1SCc1nc2ccc(N)cc2o1. The number of hydrogen-bond donors (Lipinski definition) is 1. The van der Waals surface area contributed by atoms with E-state index in [4.69, 9.17) is 14.6 Å². The lowest BCUT2D eigenvalue weighted by Crippen LogP contribution is -1.81. The number of thioether (sulfide) groups is 1. The summed E-state index contributed by atoms with van der Waals surface area (Å²) in [5.74, 6) is 2.29. The van der Waals surface area contributed by atoms with E-state index >= 15 is 0 Å². The van der Waals surface area contributed by atoms with Gasteiger partial charge in [0, 0.05) is 16.6 Å². The van der Waals surface area contributed by atoms with Crippen LogP contribution < -0.4 is 5.73 Å². The van der Waals surface area contributed by atoms with Gasteiger partial charge in [0.05, 0.1) is 12.0 Å². The molecular weight excluding hydrogens is 248 g/mol. The van der Waals surface area contributed by atoms with Crippen LogP contribution in [0.5, 0.6) is 0 Å². The molecule has 2 N–H and O–H groups in total. The Hall–Kier alpha value is -1.88. The Morgan fingerprint density at radius 2 is 2.22 bits per heavy atom. The van der Waals surface area contributed by atoms with Crippen molar-refractivity contribution in [3.8, 4) is 0 Å². The summed E-state index contributed by atoms with van der Waals surface area (Å²) in [4.78, 5) is 5.52. The lowest BCUT2D eigenvalue weighted by molar-refractivity contribution is 0.526. The normalized spacial score (nSPS) is 11.2. The zero-order valence-corrected chi connectivity index (χ0v) is 10.7. The number of hydrogen-bond acceptors (Lipinski definition) is 5. The zero-order chi connectivity index (χ0) is 12.5. The van der Waals surface area contributed by atoms with Gasteiger partial charge in [-0.25, -0.2) is 4.98 Å². The third-order valence-corrected chi connectivity index (χ3v) is 3.74. The summed E-state index contributed by atoms with van der Waals surface area (Å²) in [7, 11) is 0. The van der Waals surface area contributed by atoms with Gasteiger partial charge in [-0.1, -0.05) is 0 Å². The maximum absolute atomic E-state index is 5.70. The third-order valence-electron chi connectivity index (χ3n) is 2.62. The van der Waals surface area contributed by atoms with Gasteiger partial charge in [0.15, 0.2) is 5.58 Å². The van der Waals surface area contributed by atoms with Crippen LogP contribution in [0.15, 0.2) is 44.3 Å². The molecule has 5 heteroatoms. The zero-order valence-electron chi connectivity index (χ0n) is 9.84. The number of rotatable bonds is 3. The van der Waals surface area contributed by atoms with E-state index in [1.165, 1.54) is 0 Å². The van der Waals surface area contributed by atoms with Crippen LogP contribution in [-0.2, 0) is 5.75 Å². The maximum atomic E-state index is 5.70. The van der Waals surface area contributed by atoms with Gasteiger partial charge in [-0.3, -0.25) is 0 Å². The van der Waals surface area contributed by atoms with Crippen molar-refractivity contribution in [2.45, 2.75) is 17.6 Å². The lowest BCUT2D eigenvalue weighted by Gasteiger charge is -1.94. The van der Waals surface area contributed by atoms with Gasteiger partial charge in [0.2, 0.25) is 5.89 Å². The third kappa shape index (κ3) is 2.09. The Kier molecular flexibility index (Phi) is 2.76. The summed E-state index contributed by atoms with van der Waals surface area (Å²) in [5.41, 5.74) is 7.95. The number of fused-ring (bicyclic) bond motifs is 1. The van der Waals surface area contributed by atoms with E-state index in [-0.39, 0.29) is 0 Å². The molecule has 2 aromatic heterocycles. The van der Waals surface area contributed by atoms with Gasteiger partial charge in [-0.2, -0.15) is 0 Å². The van der Waals surface area contributed by atoms with Gasteiger partial charge in [0.25, 0.3) is 0 Å². The molecule has 3 rings (SSSR count). The van der Waals surface area contributed by atoms with Crippen molar-refractivity contribution in [2.24, 2.45) is 0 Å². The fraction of sp³-hybridized carbons (Fsp3) is 0.154. The van der Waals surface area contributed by atoms with Gasteiger partial charge < -0.3 is 14.6 Å². The van der Waals surface area contributed by atoms with Crippen molar-refractivity contribution in [3.63, 3.8) is 0 Å². The molecule has 0 unspecified atom stereocenters. The van der Waals surface area contributed by atoms with E-state index in [2.05, 4.69) is 4.98 Å². The number of nitrogens with two attached hydrogens (primary N) is 1. The Balaban J connectivity index is 1.81. The molecule has 1 aromatic carbocycles. The maximum Gasteiger partial charge on any atom is 0.205 e. The minimum absolute atomic E-state index is 0.676. The highest BCUT2D eigenvalue weighted by Crippen LogP contribution is 2.28. The van der Waals surface area contributed by atoms with Gasteiger partial charge in [-0.15, -0.1) is 11.8 Å². The Morgan fingerprint density at radius 3 is 3.00 bits per heavy atom. The van der Waals surface area contributed by atoms with E-state index in [0.717, 1.165) is 21.8 Å². The number of oxazole rings is 1. The number of nitrogen functional groups attached to an aromatic ring is 1. The molecule has 0 bridgehead atoms. The lowest BCUT2D eigenvalue weighted by atomic mass is 10.3. The molecule has 3 aromatic rings. The van der Waals surface area contributed by atoms with Crippen LogP contribution in [0.2, 0.25) is 0 Å². The summed E-state index contributed by atoms with van der Waals surface area (Å²) in [6, 6.07) is 7.42. The highest BCUT2D eigenvalue weighted by molar-refractivity contribution is 7.98. The van der Waals surface area contributed by atoms with Crippen molar-refractivity contribution < 1.29 is 8.83 Å². The molecule has 0 amide bonds. The minimum atomic E-state index is 0.676. The highest BCUT2D eigenvalue weighted by atomic mass is 32.2. The monoisotopic (exact) mass is 260 g/mol. The quantitative estimate of drug-likeness (QED) is 0.575. The van der Waals surface area contributed by atoms with E-state index < -0.39 is 0 Å². The first kappa shape index (κ1) is 11.2. The molecule has 92 valence electrons. The summed E-state index contributed by atoms with van der Waals surface area (Å²) in [6.07, 6.45) is 1.68. The average molecular weight is 260 g/mol. The fourth-order valence-corrected chi connectivity index (χ4v) is 2.52. The van der Waals surface area contributed by atoms with E-state index in [1.807, 2.05) is 25.1 Å². The van der Waals surface area contributed by atoms with Crippen LogP contribution in [0.4, 0.5) is 5.69 Å². The van der Waals surface area contributed by atoms with Crippen LogP contribution >= 0.6 is 11.8 Å². The first-order valence-corrected chi connectivity index (χ1v) is 6.53. The molecular formula is C13H12N2O2S. The molecule has 0 radical (unpaired) electrons. The largest absolute Gasteiger partial charge is 0.468 e. The molecule has 0 spiro atoms. The number of aromatic nitrogens is 1. The van der Waals surface area contributed by atoms with Crippen LogP contribution in [0.25, 0.3) is 11.1 Å². The standard InChI is InChI=1S/C13H12N2O2S/c1-8-12(4-5-16-8)18-7-13-15-10-3-2-9(14)6-11(10)17-13/h2-6H,7,14H2,1H3. The predicted octanol–water partition coefficient (Wildman–Crippen LogP) is 3.60. The second-order valence-electron chi connectivity index (χ2n) is 3.96. The number of aryl methyl sites for hydroxylation is 1. The molecule has 2 heterocycles. The second-order valence-corrected chi connectivity index (χ2v) is 4.98. The fourth-order valence-electron chi connectivity index (χ4n) is 1.71. The molecule has 4 nitrogen and oxygen atoms in total. The summed E-state index contributed by atoms with van der Waals surface area (Å²) in [5, 5.41) is 0. The van der Waals surface area contributed by atoms with Crippen LogP contribution in [-0.4, -0.2) is 4.98 Å². The minimum Gasteiger partial charge on any atom is -0.468 e. The van der Waals surface area contributed by atoms with Crippen LogP contribution in [0.1, 0.15) is 11.7 Å². The van der Waals surface area contributed by atoms with Crippen molar-refractivity contribution in [1.29, 1.82) is 0 Å². The number of nitrogens with zero attached hydrogens (tertiary/aromatic N) is 1. The molecule has 0 aliphatic carbocycles. The molecule has 0 atom stereocenters. The first-order chi connectivity index (χ1) is 8.72. The van der Waals surface area contributed by atoms with E-state index in [0.29, 0.717) is 17.3 Å².